The fraction of sp³-hybridized carbons (Fsp3) is 0.304. The van der Waals surface area contributed by atoms with E-state index in [0.29, 0.717) is 16.9 Å². The van der Waals surface area contributed by atoms with Crippen molar-refractivity contribution in [2.75, 3.05) is 5.32 Å². The molecule has 0 radical (unpaired) electrons. The van der Waals surface area contributed by atoms with Crippen LogP contribution in [0.25, 0.3) is 0 Å². The van der Waals surface area contributed by atoms with E-state index in [1.165, 1.54) is 18.3 Å². The average molecular weight is 428 g/mol. The Morgan fingerprint density at radius 3 is 2.48 bits per heavy atom. The van der Waals surface area contributed by atoms with E-state index in [1.807, 2.05) is 35.0 Å². The first-order chi connectivity index (χ1) is 14.6. The Morgan fingerprint density at radius 2 is 1.84 bits per heavy atom. The van der Waals surface area contributed by atoms with Gasteiger partial charge < -0.3 is 10.6 Å². The molecular formula is C23H23F3N4O. The zero-order chi connectivity index (χ0) is 22.2. The van der Waals surface area contributed by atoms with Gasteiger partial charge in [0.05, 0.1) is 23.3 Å². The first-order valence-corrected chi connectivity index (χ1v) is 9.99. The number of hydrogen-bond acceptors (Lipinski definition) is 3. The van der Waals surface area contributed by atoms with E-state index in [2.05, 4.69) is 29.6 Å². The maximum Gasteiger partial charge on any atom is 0.416 e. The quantitative estimate of drug-likeness (QED) is 0.606. The van der Waals surface area contributed by atoms with Crippen LogP contribution in [0.3, 0.4) is 0 Å². The summed E-state index contributed by atoms with van der Waals surface area (Å²) in [4.78, 5) is 12.8. The fourth-order valence-corrected chi connectivity index (χ4v) is 3.89. The Bertz CT molecular complexity index is 1070. The lowest BCUT2D eigenvalue weighted by molar-refractivity contribution is -0.137. The van der Waals surface area contributed by atoms with Gasteiger partial charge in [0.1, 0.15) is 11.4 Å². The van der Waals surface area contributed by atoms with E-state index in [4.69, 9.17) is 0 Å². The lowest BCUT2D eigenvalue weighted by Crippen LogP contribution is -2.38. The monoisotopic (exact) mass is 428 g/mol. The summed E-state index contributed by atoms with van der Waals surface area (Å²) in [7, 11) is 0. The molecule has 162 valence electrons. The summed E-state index contributed by atoms with van der Waals surface area (Å²) in [6.07, 6.45) is -2.05. The molecule has 0 saturated heterocycles. The number of hydrogen-bond donors (Lipinski definition) is 2. The Labute approximate surface area is 178 Å². The minimum absolute atomic E-state index is 0.0295. The van der Waals surface area contributed by atoms with Crippen LogP contribution >= 0.6 is 0 Å². The summed E-state index contributed by atoms with van der Waals surface area (Å²) in [5, 5.41) is 10.6. The Balaban J connectivity index is 1.51. The molecule has 0 spiro atoms. The van der Waals surface area contributed by atoms with Crippen molar-refractivity contribution in [3.05, 3.63) is 83.0 Å². The molecule has 2 aromatic carbocycles. The molecular weight excluding hydrogens is 405 g/mol. The summed E-state index contributed by atoms with van der Waals surface area (Å²) >= 11 is 0. The van der Waals surface area contributed by atoms with Crippen LogP contribution in [0.2, 0.25) is 0 Å². The smallest absolute Gasteiger partial charge is 0.363 e. The molecule has 8 heteroatoms. The molecule has 2 N–H and O–H groups in total. The molecule has 1 unspecified atom stereocenters. The van der Waals surface area contributed by atoms with E-state index in [-0.39, 0.29) is 24.0 Å². The van der Waals surface area contributed by atoms with Crippen molar-refractivity contribution in [3.8, 4) is 0 Å². The van der Waals surface area contributed by atoms with Crippen LogP contribution in [0.15, 0.2) is 60.8 Å². The topological polar surface area (TPSA) is 59.0 Å². The zero-order valence-electron chi connectivity index (χ0n) is 17.2. The van der Waals surface area contributed by atoms with Crippen molar-refractivity contribution in [1.82, 2.24) is 15.1 Å². The normalized spacial score (nSPS) is 17.5. The molecule has 2 heterocycles. The highest BCUT2D eigenvalue weighted by molar-refractivity contribution is 5.98. The van der Waals surface area contributed by atoms with Gasteiger partial charge in [0, 0.05) is 6.54 Å². The van der Waals surface area contributed by atoms with Gasteiger partial charge in [0.15, 0.2) is 0 Å². The van der Waals surface area contributed by atoms with E-state index in [0.717, 1.165) is 24.1 Å². The van der Waals surface area contributed by atoms with Crippen LogP contribution in [0.4, 0.5) is 19.0 Å². The second-order valence-corrected chi connectivity index (χ2v) is 8.32. The van der Waals surface area contributed by atoms with Crippen LogP contribution in [0.5, 0.6) is 0 Å². The standard InChI is InChI=1S/C23H23F3N4O/c1-22(2)12-19(16-6-4-3-5-7-16)29-20-18(14-28-30(20)22)21(31)27-13-15-8-10-17(11-9-15)23(24,25)26/h3-11,14,19,29H,12-13H2,1-2H3,(H,27,31). The maximum atomic E-state index is 12.8. The highest BCUT2D eigenvalue weighted by Gasteiger charge is 2.36. The molecule has 1 atom stereocenters. The van der Waals surface area contributed by atoms with Crippen LogP contribution in [0.1, 0.15) is 53.4 Å². The highest BCUT2D eigenvalue weighted by Crippen LogP contribution is 2.39. The van der Waals surface area contributed by atoms with Crippen molar-refractivity contribution < 1.29 is 18.0 Å². The SMILES string of the molecule is CC1(C)CC(c2ccccc2)Nc2c(C(=O)NCc3ccc(C(F)(F)F)cc3)cnn21. The molecule has 4 rings (SSSR count). The van der Waals surface area contributed by atoms with Gasteiger partial charge >= 0.3 is 6.18 Å². The van der Waals surface area contributed by atoms with Gasteiger partial charge in [0.2, 0.25) is 0 Å². The van der Waals surface area contributed by atoms with Crippen LogP contribution < -0.4 is 10.6 Å². The lowest BCUT2D eigenvalue weighted by Gasteiger charge is -2.38. The van der Waals surface area contributed by atoms with Crippen molar-refractivity contribution in [2.24, 2.45) is 0 Å². The molecule has 0 bridgehead atoms. The summed E-state index contributed by atoms with van der Waals surface area (Å²) in [6, 6.07) is 14.8. The average Bonchev–Trinajstić information content (AvgIpc) is 3.17. The predicted octanol–water partition coefficient (Wildman–Crippen LogP) is 5.12. The molecule has 1 aliphatic rings. The van der Waals surface area contributed by atoms with Crippen LogP contribution in [-0.4, -0.2) is 15.7 Å². The van der Waals surface area contributed by atoms with E-state index < -0.39 is 11.7 Å². The summed E-state index contributed by atoms with van der Waals surface area (Å²) < 4.78 is 40.0. The van der Waals surface area contributed by atoms with Gasteiger partial charge in [-0.2, -0.15) is 18.3 Å². The lowest BCUT2D eigenvalue weighted by atomic mass is 9.89. The predicted molar refractivity (Wildman–Crippen MR) is 112 cm³/mol. The Morgan fingerprint density at radius 1 is 1.16 bits per heavy atom. The number of benzene rings is 2. The third-order valence-corrected chi connectivity index (χ3v) is 5.54. The number of aromatic nitrogens is 2. The first kappa shape index (κ1) is 21.0. The van der Waals surface area contributed by atoms with Crippen molar-refractivity contribution >= 4 is 11.7 Å². The number of amides is 1. The Hall–Kier alpha value is -3.29. The molecule has 5 nitrogen and oxygen atoms in total. The molecule has 3 aromatic rings. The van der Waals surface area contributed by atoms with E-state index in [1.54, 1.807) is 0 Å². The van der Waals surface area contributed by atoms with E-state index in [9.17, 15) is 18.0 Å². The number of nitrogens with one attached hydrogen (secondary N) is 2. The van der Waals surface area contributed by atoms with Gasteiger partial charge in [-0.15, -0.1) is 0 Å². The minimum atomic E-state index is -4.38. The highest BCUT2D eigenvalue weighted by atomic mass is 19.4. The zero-order valence-corrected chi connectivity index (χ0v) is 17.2. The third kappa shape index (κ3) is 4.28. The number of nitrogens with zero attached hydrogens (tertiary/aromatic N) is 2. The molecule has 0 saturated carbocycles. The summed E-state index contributed by atoms with van der Waals surface area (Å²) in [5.74, 6) is 0.299. The van der Waals surface area contributed by atoms with Gasteiger partial charge in [-0.3, -0.25) is 4.79 Å². The molecule has 0 fully saturated rings. The van der Waals surface area contributed by atoms with Crippen LogP contribution in [0, 0.1) is 0 Å². The van der Waals surface area contributed by atoms with Crippen molar-refractivity contribution in [1.29, 1.82) is 0 Å². The molecule has 1 amide bonds. The van der Waals surface area contributed by atoms with Gasteiger partial charge in [-0.25, -0.2) is 4.68 Å². The number of halogens is 3. The van der Waals surface area contributed by atoms with Gasteiger partial charge in [-0.05, 0) is 43.5 Å². The molecule has 1 aromatic heterocycles. The number of carbonyl (C=O) groups excluding carboxylic acids is 1. The second kappa shape index (κ2) is 7.76. The number of fused-ring (bicyclic) bond motifs is 1. The second-order valence-electron chi connectivity index (χ2n) is 8.32. The largest absolute Gasteiger partial charge is 0.416 e. The maximum absolute atomic E-state index is 12.8. The number of anilines is 1. The Kier molecular flexibility index (Phi) is 5.24. The first-order valence-electron chi connectivity index (χ1n) is 9.99. The fourth-order valence-electron chi connectivity index (χ4n) is 3.89. The molecule has 31 heavy (non-hydrogen) atoms. The number of rotatable bonds is 4. The van der Waals surface area contributed by atoms with Gasteiger partial charge in [-0.1, -0.05) is 42.5 Å². The summed E-state index contributed by atoms with van der Waals surface area (Å²) in [5.41, 5.74) is 1.09. The third-order valence-electron chi connectivity index (χ3n) is 5.54. The summed E-state index contributed by atoms with van der Waals surface area (Å²) in [6.45, 7) is 4.27. The number of alkyl halides is 3. The van der Waals surface area contributed by atoms with Crippen molar-refractivity contribution in [2.45, 2.75) is 44.6 Å². The van der Waals surface area contributed by atoms with Crippen molar-refractivity contribution in [3.63, 3.8) is 0 Å². The van der Waals surface area contributed by atoms with Crippen LogP contribution in [-0.2, 0) is 18.3 Å². The van der Waals surface area contributed by atoms with Gasteiger partial charge in [0.25, 0.3) is 5.91 Å². The molecule has 0 aliphatic carbocycles. The number of carbonyl (C=O) groups is 1. The van der Waals surface area contributed by atoms with E-state index >= 15 is 0 Å². The molecule has 1 aliphatic heterocycles. The minimum Gasteiger partial charge on any atom is -0.363 e.